The van der Waals surface area contributed by atoms with Gasteiger partial charge >= 0.3 is 0 Å². The number of hydrogen-bond donors (Lipinski definition) is 1. The van der Waals surface area contributed by atoms with Gasteiger partial charge in [0.15, 0.2) is 0 Å². The number of halogens is 2. The minimum atomic E-state index is 0.0585. The first kappa shape index (κ1) is 17.3. The largest absolute Gasteiger partial charge is 0.339 e. The molecule has 0 saturated carbocycles. The summed E-state index contributed by atoms with van der Waals surface area (Å²) in [5.74, 6) is 0.787. The zero-order valence-corrected chi connectivity index (χ0v) is 14.3. The fraction of sp³-hybridized carbons (Fsp3) is 0.471. The molecule has 5 heteroatoms. The van der Waals surface area contributed by atoms with Gasteiger partial charge in [-0.3, -0.25) is 4.79 Å². The van der Waals surface area contributed by atoms with Gasteiger partial charge in [-0.2, -0.15) is 0 Å². The molecule has 1 aliphatic heterocycles. The Labute approximate surface area is 142 Å². The van der Waals surface area contributed by atoms with Crippen LogP contribution in [-0.2, 0) is 4.79 Å². The van der Waals surface area contributed by atoms with Crippen LogP contribution in [0.2, 0.25) is 10.0 Å². The zero-order valence-electron chi connectivity index (χ0n) is 12.8. The number of carbonyl (C=O) groups is 1. The van der Waals surface area contributed by atoms with E-state index in [2.05, 4.69) is 5.32 Å². The summed E-state index contributed by atoms with van der Waals surface area (Å²) in [6.45, 7) is 2.73. The van der Waals surface area contributed by atoms with Gasteiger partial charge < -0.3 is 10.2 Å². The molecule has 0 spiro atoms. The molecule has 1 aromatic carbocycles. The van der Waals surface area contributed by atoms with Gasteiger partial charge in [-0.25, -0.2) is 0 Å². The smallest absolute Gasteiger partial charge is 0.246 e. The third kappa shape index (κ3) is 5.31. The summed E-state index contributed by atoms with van der Waals surface area (Å²) in [7, 11) is 1.98. The van der Waals surface area contributed by atoms with Crippen LogP contribution in [0, 0.1) is 5.92 Å². The summed E-state index contributed by atoms with van der Waals surface area (Å²) in [6.07, 6.45) is 6.74. The quantitative estimate of drug-likeness (QED) is 0.825. The highest BCUT2D eigenvalue weighted by Crippen LogP contribution is 2.22. The highest BCUT2D eigenvalue weighted by molar-refractivity contribution is 6.34. The highest BCUT2D eigenvalue weighted by Gasteiger charge is 2.20. The Balaban J connectivity index is 1.86. The van der Waals surface area contributed by atoms with Crippen LogP contribution in [-0.4, -0.2) is 37.5 Å². The van der Waals surface area contributed by atoms with E-state index in [1.165, 1.54) is 6.42 Å². The number of likely N-dealkylation sites (tertiary alicyclic amines) is 1. The summed E-state index contributed by atoms with van der Waals surface area (Å²) < 4.78 is 0. The van der Waals surface area contributed by atoms with Crippen molar-refractivity contribution in [3.63, 3.8) is 0 Å². The molecule has 1 aromatic rings. The molecule has 0 aromatic heterocycles. The van der Waals surface area contributed by atoms with Crippen LogP contribution in [0.15, 0.2) is 24.3 Å². The maximum absolute atomic E-state index is 12.2. The van der Waals surface area contributed by atoms with Crippen LogP contribution in [0.3, 0.4) is 0 Å². The molecule has 2 rings (SSSR count). The number of hydrogen-bond acceptors (Lipinski definition) is 2. The molecule has 1 fully saturated rings. The Morgan fingerprint density at radius 1 is 1.27 bits per heavy atom. The summed E-state index contributed by atoms with van der Waals surface area (Å²) in [5.41, 5.74) is 0.842. The SMILES string of the molecule is CNCCC1CCN(C(=O)C=Cc2cc(Cl)cc(Cl)c2)CC1. The van der Waals surface area contributed by atoms with Crippen molar-refractivity contribution in [1.29, 1.82) is 0 Å². The number of carbonyl (C=O) groups excluding carboxylic acids is 1. The van der Waals surface area contributed by atoms with E-state index < -0.39 is 0 Å². The van der Waals surface area contributed by atoms with Crippen molar-refractivity contribution >= 4 is 35.2 Å². The number of rotatable bonds is 5. The third-order valence-electron chi connectivity index (χ3n) is 4.03. The van der Waals surface area contributed by atoms with Gasteiger partial charge in [0.25, 0.3) is 0 Å². The molecule has 1 saturated heterocycles. The van der Waals surface area contributed by atoms with E-state index in [1.54, 1.807) is 30.4 Å². The number of nitrogens with zero attached hydrogens (tertiary/aromatic N) is 1. The van der Waals surface area contributed by atoms with E-state index in [-0.39, 0.29) is 5.91 Å². The molecule has 0 aliphatic carbocycles. The molecular weight excluding hydrogens is 319 g/mol. The van der Waals surface area contributed by atoms with Crippen molar-refractivity contribution in [1.82, 2.24) is 10.2 Å². The lowest BCUT2D eigenvalue weighted by atomic mass is 9.93. The van der Waals surface area contributed by atoms with E-state index >= 15 is 0 Å². The van der Waals surface area contributed by atoms with E-state index in [0.717, 1.165) is 44.0 Å². The van der Waals surface area contributed by atoms with Gasteiger partial charge in [0.05, 0.1) is 0 Å². The van der Waals surface area contributed by atoms with E-state index in [4.69, 9.17) is 23.2 Å². The van der Waals surface area contributed by atoms with Crippen LogP contribution < -0.4 is 5.32 Å². The molecule has 0 unspecified atom stereocenters. The van der Waals surface area contributed by atoms with Gasteiger partial charge in [-0.05, 0) is 68.6 Å². The van der Waals surface area contributed by atoms with Crippen LogP contribution in [0.5, 0.6) is 0 Å². The van der Waals surface area contributed by atoms with Crippen LogP contribution >= 0.6 is 23.2 Å². The predicted molar refractivity (Wildman–Crippen MR) is 93.3 cm³/mol. The molecular formula is C17H22Cl2N2O. The maximum Gasteiger partial charge on any atom is 0.246 e. The Kier molecular flexibility index (Phi) is 6.74. The average molecular weight is 341 g/mol. The van der Waals surface area contributed by atoms with Gasteiger partial charge in [-0.1, -0.05) is 23.2 Å². The Hall–Kier alpha value is -1.03. The summed E-state index contributed by atoms with van der Waals surface area (Å²) in [5, 5.41) is 4.33. The fourth-order valence-corrected chi connectivity index (χ4v) is 3.28. The van der Waals surface area contributed by atoms with Crippen LogP contribution in [0.1, 0.15) is 24.8 Å². The van der Waals surface area contributed by atoms with Crippen molar-refractivity contribution in [3.05, 3.63) is 39.9 Å². The first-order chi connectivity index (χ1) is 10.6. The summed E-state index contributed by atoms with van der Waals surface area (Å²) in [4.78, 5) is 14.1. The molecule has 0 radical (unpaired) electrons. The third-order valence-corrected chi connectivity index (χ3v) is 4.47. The standard InChI is InChI=1S/C17H22Cl2N2O/c1-20-7-4-13-5-8-21(9-6-13)17(22)3-2-14-10-15(18)12-16(19)11-14/h2-3,10-13,20H,4-9H2,1H3. The normalized spacial score (nSPS) is 16.4. The van der Waals surface area contributed by atoms with Crippen molar-refractivity contribution in [2.45, 2.75) is 19.3 Å². The molecule has 22 heavy (non-hydrogen) atoms. The summed E-state index contributed by atoms with van der Waals surface area (Å²) in [6, 6.07) is 5.26. The molecule has 0 atom stereocenters. The van der Waals surface area contributed by atoms with Gasteiger partial charge in [-0.15, -0.1) is 0 Å². The lowest BCUT2D eigenvalue weighted by Gasteiger charge is -2.31. The Morgan fingerprint density at radius 3 is 2.50 bits per heavy atom. The first-order valence-electron chi connectivity index (χ1n) is 7.66. The van der Waals surface area contributed by atoms with Gasteiger partial charge in [0.1, 0.15) is 0 Å². The number of piperidine rings is 1. The minimum absolute atomic E-state index is 0.0585. The van der Waals surface area contributed by atoms with Gasteiger partial charge in [0.2, 0.25) is 5.91 Å². The molecule has 1 heterocycles. The van der Waals surface area contributed by atoms with E-state index in [9.17, 15) is 4.79 Å². The monoisotopic (exact) mass is 340 g/mol. The van der Waals surface area contributed by atoms with E-state index in [1.807, 2.05) is 11.9 Å². The second-order valence-corrected chi connectivity index (χ2v) is 6.57. The zero-order chi connectivity index (χ0) is 15.9. The topological polar surface area (TPSA) is 32.3 Å². The molecule has 3 nitrogen and oxygen atoms in total. The molecule has 0 bridgehead atoms. The average Bonchev–Trinajstić information content (AvgIpc) is 2.50. The Morgan fingerprint density at radius 2 is 1.91 bits per heavy atom. The van der Waals surface area contributed by atoms with Crippen molar-refractivity contribution < 1.29 is 4.79 Å². The molecule has 1 amide bonds. The Bertz CT molecular complexity index is 517. The van der Waals surface area contributed by atoms with Crippen molar-refractivity contribution in [3.8, 4) is 0 Å². The van der Waals surface area contributed by atoms with Gasteiger partial charge in [0, 0.05) is 29.2 Å². The van der Waals surface area contributed by atoms with E-state index in [0.29, 0.717) is 10.0 Å². The lowest BCUT2D eigenvalue weighted by molar-refractivity contribution is -0.127. The fourth-order valence-electron chi connectivity index (χ4n) is 2.73. The minimum Gasteiger partial charge on any atom is -0.339 e. The first-order valence-corrected chi connectivity index (χ1v) is 8.42. The predicted octanol–water partition coefficient (Wildman–Crippen LogP) is 3.85. The summed E-state index contributed by atoms with van der Waals surface area (Å²) >= 11 is 11.9. The molecule has 120 valence electrons. The lowest BCUT2D eigenvalue weighted by Crippen LogP contribution is -2.38. The number of nitrogens with one attached hydrogen (secondary N) is 1. The van der Waals surface area contributed by atoms with Crippen molar-refractivity contribution in [2.24, 2.45) is 5.92 Å². The number of benzene rings is 1. The van der Waals surface area contributed by atoms with Crippen molar-refractivity contribution in [2.75, 3.05) is 26.7 Å². The molecule has 1 N–H and O–H groups in total. The van der Waals surface area contributed by atoms with Crippen LogP contribution in [0.25, 0.3) is 6.08 Å². The maximum atomic E-state index is 12.2. The second kappa shape index (κ2) is 8.56. The molecule has 1 aliphatic rings. The van der Waals surface area contributed by atoms with Crippen LogP contribution in [0.4, 0.5) is 0 Å². The second-order valence-electron chi connectivity index (χ2n) is 5.70. The number of amides is 1. The highest BCUT2D eigenvalue weighted by atomic mass is 35.5.